The van der Waals surface area contributed by atoms with Crippen LogP contribution in [0.5, 0.6) is 0 Å². The first-order valence-electron chi connectivity index (χ1n) is 5.86. The normalized spacial score (nSPS) is 10.6. The zero-order valence-electron chi connectivity index (χ0n) is 10.8. The number of aromatic nitrogens is 4. The van der Waals surface area contributed by atoms with Crippen LogP contribution in [-0.2, 0) is 18.3 Å². The number of nitrogens with zero attached hydrogens (tertiary/aromatic N) is 3. The number of amides is 1. The molecule has 0 aliphatic heterocycles. The van der Waals surface area contributed by atoms with Gasteiger partial charge in [0.05, 0.1) is 5.69 Å². The van der Waals surface area contributed by atoms with Crippen LogP contribution in [0, 0.1) is 13.8 Å². The Labute approximate surface area is 105 Å². The molecule has 2 heterocycles. The molecule has 18 heavy (non-hydrogen) atoms. The van der Waals surface area contributed by atoms with Crippen LogP contribution in [0.1, 0.15) is 23.4 Å². The first-order chi connectivity index (χ1) is 8.58. The number of hydrogen-bond donors (Lipinski definition) is 2. The van der Waals surface area contributed by atoms with Crippen molar-refractivity contribution in [1.29, 1.82) is 0 Å². The van der Waals surface area contributed by atoms with E-state index in [-0.39, 0.29) is 5.91 Å². The van der Waals surface area contributed by atoms with E-state index >= 15 is 0 Å². The van der Waals surface area contributed by atoms with E-state index < -0.39 is 0 Å². The van der Waals surface area contributed by atoms with E-state index in [1.54, 1.807) is 12.4 Å². The van der Waals surface area contributed by atoms with Gasteiger partial charge in [0.25, 0.3) is 0 Å². The van der Waals surface area contributed by atoms with Gasteiger partial charge in [0, 0.05) is 31.6 Å². The lowest BCUT2D eigenvalue weighted by atomic mass is 10.1. The van der Waals surface area contributed by atoms with Gasteiger partial charge in [-0.25, -0.2) is 4.98 Å². The number of aryl methyl sites for hydroxylation is 2. The highest BCUT2D eigenvalue weighted by atomic mass is 16.1. The Bertz CT molecular complexity index is 541. The Morgan fingerprint density at radius 3 is 2.83 bits per heavy atom. The minimum absolute atomic E-state index is 0.0485. The average molecular weight is 247 g/mol. The molecule has 0 aliphatic rings. The molecule has 1 amide bonds. The van der Waals surface area contributed by atoms with Crippen LogP contribution in [0.3, 0.4) is 0 Å². The van der Waals surface area contributed by atoms with E-state index in [9.17, 15) is 4.79 Å². The van der Waals surface area contributed by atoms with Crippen LogP contribution in [0.4, 0.5) is 5.95 Å². The predicted octanol–water partition coefficient (Wildman–Crippen LogP) is 1.33. The van der Waals surface area contributed by atoms with Crippen LogP contribution in [0.2, 0.25) is 0 Å². The molecular weight excluding hydrogens is 230 g/mol. The minimum Gasteiger partial charge on any atom is -0.331 e. The summed E-state index contributed by atoms with van der Waals surface area (Å²) in [5.41, 5.74) is 3.24. The van der Waals surface area contributed by atoms with E-state index in [0.29, 0.717) is 18.8 Å². The Morgan fingerprint density at radius 1 is 1.50 bits per heavy atom. The molecule has 2 N–H and O–H groups in total. The zero-order chi connectivity index (χ0) is 13.1. The Morgan fingerprint density at radius 2 is 2.28 bits per heavy atom. The summed E-state index contributed by atoms with van der Waals surface area (Å²) in [5, 5.41) is 7.04. The van der Waals surface area contributed by atoms with Crippen molar-refractivity contribution in [3.05, 3.63) is 29.3 Å². The van der Waals surface area contributed by atoms with Crippen molar-refractivity contribution >= 4 is 11.9 Å². The first-order valence-corrected chi connectivity index (χ1v) is 5.86. The third-order valence-electron chi connectivity index (χ3n) is 3.02. The number of hydrogen-bond acceptors (Lipinski definition) is 3. The fraction of sp³-hybridized carbons (Fsp3) is 0.417. The topological polar surface area (TPSA) is 75.6 Å². The van der Waals surface area contributed by atoms with Crippen molar-refractivity contribution < 1.29 is 4.79 Å². The van der Waals surface area contributed by atoms with Gasteiger partial charge >= 0.3 is 0 Å². The quantitative estimate of drug-likeness (QED) is 0.855. The first kappa shape index (κ1) is 12.3. The van der Waals surface area contributed by atoms with Gasteiger partial charge in [0.1, 0.15) is 0 Å². The maximum Gasteiger partial charge on any atom is 0.227 e. The van der Waals surface area contributed by atoms with Gasteiger partial charge in [-0.15, -0.1) is 0 Å². The predicted molar refractivity (Wildman–Crippen MR) is 68.2 cm³/mol. The van der Waals surface area contributed by atoms with E-state index in [1.165, 1.54) is 0 Å². The SMILES string of the molecule is Cc1nn(C)c(C)c1CCC(=O)Nc1ncc[nH]1. The fourth-order valence-electron chi connectivity index (χ4n) is 1.95. The molecule has 2 aromatic heterocycles. The molecule has 0 aromatic carbocycles. The zero-order valence-corrected chi connectivity index (χ0v) is 10.8. The summed E-state index contributed by atoms with van der Waals surface area (Å²) in [6.07, 6.45) is 4.39. The molecule has 0 radical (unpaired) electrons. The molecule has 6 heteroatoms. The largest absolute Gasteiger partial charge is 0.331 e. The number of H-pyrrole nitrogens is 1. The molecule has 2 rings (SSSR count). The summed E-state index contributed by atoms with van der Waals surface area (Å²) in [6, 6.07) is 0. The van der Waals surface area contributed by atoms with Gasteiger partial charge in [0.15, 0.2) is 0 Å². The smallest absolute Gasteiger partial charge is 0.227 e. The van der Waals surface area contributed by atoms with E-state index in [2.05, 4.69) is 20.4 Å². The Kier molecular flexibility index (Phi) is 3.45. The number of nitrogens with one attached hydrogen (secondary N) is 2. The molecule has 6 nitrogen and oxygen atoms in total. The minimum atomic E-state index is -0.0485. The van der Waals surface area contributed by atoms with Gasteiger partial charge in [-0.3, -0.25) is 14.8 Å². The van der Waals surface area contributed by atoms with Gasteiger partial charge in [-0.1, -0.05) is 0 Å². The second-order valence-electron chi connectivity index (χ2n) is 4.26. The highest BCUT2D eigenvalue weighted by molar-refractivity contribution is 5.89. The summed E-state index contributed by atoms with van der Waals surface area (Å²) < 4.78 is 1.84. The molecular formula is C12H17N5O. The summed E-state index contributed by atoms with van der Waals surface area (Å²) >= 11 is 0. The van der Waals surface area contributed by atoms with E-state index in [4.69, 9.17) is 0 Å². The fourth-order valence-corrected chi connectivity index (χ4v) is 1.95. The van der Waals surface area contributed by atoms with Crippen molar-refractivity contribution in [2.45, 2.75) is 26.7 Å². The van der Waals surface area contributed by atoms with Crippen LogP contribution < -0.4 is 5.32 Å². The van der Waals surface area contributed by atoms with Gasteiger partial charge in [-0.2, -0.15) is 5.10 Å². The molecule has 2 aromatic rings. The van der Waals surface area contributed by atoms with Crippen LogP contribution in [0.15, 0.2) is 12.4 Å². The third kappa shape index (κ3) is 2.58. The van der Waals surface area contributed by atoms with Crippen LogP contribution >= 0.6 is 0 Å². The Hall–Kier alpha value is -2.11. The molecule has 0 spiro atoms. The van der Waals surface area contributed by atoms with Gasteiger partial charge in [-0.05, 0) is 25.8 Å². The summed E-state index contributed by atoms with van der Waals surface area (Å²) in [7, 11) is 1.91. The van der Waals surface area contributed by atoms with E-state index in [1.807, 2.05) is 25.6 Å². The molecule has 0 unspecified atom stereocenters. The molecule has 0 bridgehead atoms. The molecule has 0 saturated carbocycles. The lowest BCUT2D eigenvalue weighted by molar-refractivity contribution is -0.116. The molecule has 0 saturated heterocycles. The molecule has 0 aliphatic carbocycles. The number of carbonyl (C=O) groups excluding carboxylic acids is 1. The van der Waals surface area contributed by atoms with Crippen molar-refractivity contribution in [3.8, 4) is 0 Å². The van der Waals surface area contributed by atoms with E-state index in [0.717, 1.165) is 17.0 Å². The van der Waals surface area contributed by atoms with Crippen molar-refractivity contribution in [2.24, 2.45) is 7.05 Å². The number of carbonyl (C=O) groups is 1. The summed E-state index contributed by atoms with van der Waals surface area (Å²) in [6.45, 7) is 3.98. The standard InChI is InChI=1S/C12H17N5O/c1-8-10(9(2)17(3)16-8)4-5-11(18)15-12-13-6-7-14-12/h6-7H,4-5H2,1-3H3,(H2,13,14,15,18). The summed E-state index contributed by atoms with van der Waals surface area (Å²) in [4.78, 5) is 18.5. The lowest BCUT2D eigenvalue weighted by Crippen LogP contribution is -2.13. The van der Waals surface area contributed by atoms with Crippen molar-refractivity contribution in [2.75, 3.05) is 5.32 Å². The maximum absolute atomic E-state index is 11.7. The molecule has 96 valence electrons. The number of anilines is 1. The molecule has 0 fully saturated rings. The van der Waals surface area contributed by atoms with Crippen molar-refractivity contribution in [1.82, 2.24) is 19.7 Å². The highest BCUT2D eigenvalue weighted by Gasteiger charge is 2.11. The number of rotatable bonds is 4. The van der Waals surface area contributed by atoms with Gasteiger partial charge < -0.3 is 4.98 Å². The van der Waals surface area contributed by atoms with Gasteiger partial charge in [0.2, 0.25) is 11.9 Å². The Balaban J connectivity index is 1.93. The molecule has 0 atom stereocenters. The van der Waals surface area contributed by atoms with Crippen LogP contribution in [0.25, 0.3) is 0 Å². The lowest BCUT2D eigenvalue weighted by Gasteiger charge is -2.03. The second kappa shape index (κ2) is 5.03. The summed E-state index contributed by atoms with van der Waals surface area (Å²) in [5.74, 6) is 0.437. The number of imidazole rings is 1. The number of aromatic amines is 1. The maximum atomic E-state index is 11.7. The van der Waals surface area contributed by atoms with Crippen LogP contribution in [-0.4, -0.2) is 25.7 Å². The second-order valence-corrected chi connectivity index (χ2v) is 4.26. The highest BCUT2D eigenvalue weighted by Crippen LogP contribution is 2.14. The monoisotopic (exact) mass is 247 g/mol. The third-order valence-corrected chi connectivity index (χ3v) is 3.02. The average Bonchev–Trinajstić information content (AvgIpc) is 2.88. The van der Waals surface area contributed by atoms with Crippen molar-refractivity contribution in [3.63, 3.8) is 0 Å².